The van der Waals surface area contributed by atoms with Crippen LogP contribution in [0.15, 0.2) is 24.3 Å². The molecule has 27 heavy (non-hydrogen) atoms. The Bertz CT molecular complexity index is 849. The van der Waals surface area contributed by atoms with Crippen molar-refractivity contribution >= 4 is 11.6 Å². The summed E-state index contributed by atoms with van der Waals surface area (Å²) in [5.41, 5.74) is 2.53. The van der Waals surface area contributed by atoms with E-state index in [1.54, 1.807) is 30.7 Å². The quantitative estimate of drug-likeness (QED) is 0.608. The first-order chi connectivity index (χ1) is 12.8. The highest BCUT2D eigenvalue weighted by Crippen LogP contribution is 2.23. The van der Waals surface area contributed by atoms with Crippen molar-refractivity contribution in [2.75, 3.05) is 13.1 Å². The number of ether oxygens (including phenoxy) is 1. The van der Waals surface area contributed by atoms with Gasteiger partial charge in [0, 0.05) is 18.7 Å². The number of amides is 1. The number of carbonyl (C=O) groups excluding carboxylic acids is 1. The molecule has 2 aromatic rings. The van der Waals surface area contributed by atoms with Gasteiger partial charge in [0.2, 0.25) is 0 Å². The van der Waals surface area contributed by atoms with E-state index in [1.165, 1.54) is 0 Å². The van der Waals surface area contributed by atoms with Gasteiger partial charge in [0.1, 0.15) is 11.4 Å². The van der Waals surface area contributed by atoms with Crippen LogP contribution >= 0.6 is 0 Å². The number of hydrogen-bond acceptors (Lipinski definition) is 5. The van der Waals surface area contributed by atoms with Gasteiger partial charge in [-0.2, -0.15) is 5.10 Å². The molecule has 8 heteroatoms. The van der Waals surface area contributed by atoms with Gasteiger partial charge in [-0.1, -0.05) is 12.1 Å². The van der Waals surface area contributed by atoms with E-state index in [9.17, 15) is 14.9 Å². The van der Waals surface area contributed by atoms with E-state index in [1.807, 2.05) is 30.9 Å². The fourth-order valence-corrected chi connectivity index (χ4v) is 3.56. The molecule has 144 valence electrons. The van der Waals surface area contributed by atoms with Crippen molar-refractivity contribution in [3.05, 3.63) is 56.9 Å². The second-order valence-electron chi connectivity index (χ2n) is 7.10. The zero-order chi connectivity index (χ0) is 19.7. The van der Waals surface area contributed by atoms with Gasteiger partial charge < -0.3 is 9.64 Å². The van der Waals surface area contributed by atoms with Crippen LogP contribution in [0.25, 0.3) is 0 Å². The number of nitro groups is 1. The van der Waals surface area contributed by atoms with E-state index < -0.39 is 4.92 Å². The number of aromatic nitrogens is 2. The fourth-order valence-electron chi connectivity index (χ4n) is 3.56. The SMILES string of the molecule is Cc1nn(Cc2ccc(C(=O)N3C[C@@H](C)O[C@H](C)C3)cc2)c(C)c1[N+](=O)[O-]. The van der Waals surface area contributed by atoms with Crippen LogP contribution in [0.5, 0.6) is 0 Å². The number of benzene rings is 1. The maximum atomic E-state index is 12.7. The molecule has 0 bridgehead atoms. The Morgan fingerprint density at radius 2 is 1.81 bits per heavy atom. The molecule has 1 amide bonds. The summed E-state index contributed by atoms with van der Waals surface area (Å²) < 4.78 is 7.30. The van der Waals surface area contributed by atoms with E-state index in [0.717, 1.165) is 5.56 Å². The van der Waals surface area contributed by atoms with Crippen molar-refractivity contribution in [1.29, 1.82) is 0 Å². The first-order valence-corrected chi connectivity index (χ1v) is 8.98. The summed E-state index contributed by atoms with van der Waals surface area (Å²) in [6.45, 7) is 8.84. The molecule has 0 saturated carbocycles. The number of morpholine rings is 1. The predicted octanol–water partition coefficient (Wildman–Crippen LogP) is 2.71. The largest absolute Gasteiger partial charge is 0.372 e. The van der Waals surface area contributed by atoms with Crippen LogP contribution in [0, 0.1) is 24.0 Å². The van der Waals surface area contributed by atoms with Crippen molar-refractivity contribution in [3.8, 4) is 0 Å². The van der Waals surface area contributed by atoms with Crippen LogP contribution in [-0.4, -0.2) is 50.8 Å². The average molecular weight is 372 g/mol. The molecule has 1 fully saturated rings. The van der Waals surface area contributed by atoms with E-state index in [-0.39, 0.29) is 23.8 Å². The van der Waals surface area contributed by atoms with Gasteiger partial charge in [-0.05, 0) is 45.4 Å². The Balaban J connectivity index is 1.73. The number of rotatable bonds is 4. The Morgan fingerprint density at radius 3 is 2.33 bits per heavy atom. The zero-order valence-electron chi connectivity index (χ0n) is 16.0. The van der Waals surface area contributed by atoms with E-state index >= 15 is 0 Å². The van der Waals surface area contributed by atoms with Crippen LogP contribution < -0.4 is 0 Å². The Labute approximate surface area is 157 Å². The van der Waals surface area contributed by atoms with Crippen LogP contribution in [-0.2, 0) is 11.3 Å². The Kier molecular flexibility index (Phi) is 5.27. The number of aryl methyl sites for hydroxylation is 1. The third kappa shape index (κ3) is 4.00. The molecule has 0 radical (unpaired) electrons. The van der Waals surface area contributed by atoms with Crippen molar-refractivity contribution in [3.63, 3.8) is 0 Å². The lowest BCUT2D eigenvalue weighted by molar-refractivity contribution is -0.386. The molecule has 0 unspecified atom stereocenters. The van der Waals surface area contributed by atoms with Crippen LogP contribution in [0.4, 0.5) is 5.69 Å². The lowest BCUT2D eigenvalue weighted by Crippen LogP contribution is -2.48. The summed E-state index contributed by atoms with van der Waals surface area (Å²) >= 11 is 0. The van der Waals surface area contributed by atoms with Gasteiger partial charge in [0.05, 0.1) is 23.7 Å². The normalized spacial score (nSPS) is 19.9. The minimum absolute atomic E-state index is 0.00898. The molecule has 1 saturated heterocycles. The molecule has 1 aliphatic heterocycles. The van der Waals surface area contributed by atoms with Crippen molar-refractivity contribution in [2.24, 2.45) is 0 Å². The molecule has 1 aromatic heterocycles. The third-order valence-corrected chi connectivity index (χ3v) is 4.77. The van der Waals surface area contributed by atoms with Crippen molar-refractivity contribution in [1.82, 2.24) is 14.7 Å². The molecule has 1 aliphatic rings. The Hall–Kier alpha value is -2.74. The Morgan fingerprint density at radius 1 is 1.22 bits per heavy atom. The van der Waals surface area contributed by atoms with Crippen molar-refractivity contribution < 1.29 is 14.5 Å². The summed E-state index contributed by atoms with van der Waals surface area (Å²) in [4.78, 5) is 25.3. The number of nitrogens with zero attached hydrogens (tertiary/aromatic N) is 4. The van der Waals surface area contributed by atoms with Gasteiger partial charge >= 0.3 is 5.69 Å². The molecule has 3 rings (SSSR count). The molecule has 2 atom stereocenters. The van der Waals surface area contributed by atoms with Gasteiger partial charge in [-0.25, -0.2) is 0 Å². The fraction of sp³-hybridized carbons (Fsp3) is 0.474. The van der Waals surface area contributed by atoms with E-state index in [4.69, 9.17) is 4.74 Å². The highest BCUT2D eigenvalue weighted by atomic mass is 16.6. The first-order valence-electron chi connectivity index (χ1n) is 8.98. The molecule has 0 spiro atoms. The molecule has 2 heterocycles. The highest BCUT2D eigenvalue weighted by Gasteiger charge is 2.26. The predicted molar refractivity (Wildman–Crippen MR) is 99.8 cm³/mol. The lowest BCUT2D eigenvalue weighted by atomic mass is 10.1. The summed E-state index contributed by atoms with van der Waals surface area (Å²) in [6.07, 6.45) is 0.0533. The zero-order valence-corrected chi connectivity index (χ0v) is 16.0. The smallest absolute Gasteiger partial charge is 0.312 e. The van der Waals surface area contributed by atoms with Crippen LogP contribution in [0.1, 0.15) is 41.2 Å². The summed E-state index contributed by atoms with van der Waals surface area (Å²) in [7, 11) is 0. The second-order valence-corrected chi connectivity index (χ2v) is 7.10. The molecular weight excluding hydrogens is 348 g/mol. The lowest BCUT2D eigenvalue weighted by Gasteiger charge is -2.35. The van der Waals surface area contributed by atoms with Crippen LogP contribution in [0.3, 0.4) is 0 Å². The number of hydrogen-bond donors (Lipinski definition) is 0. The molecule has 0 N–H and O–H groups in total. The molecule has 1 aromatic carbocycles. The van der Waals surface area contributed by atoms with Crippen molar-refractivity contribution in [2.45, 2.75) is 46.4 Å². The topological polar surface area (TPSA) is 90.5 Å². The number of carbonyl (C=O) groups is 1. The first kappa shape index (κ1) is 19.0. The van der Waals surface area contributed by atoms with Gasteiger partial charge in [0.15, 0.2) is 0 Å². The van der Waals surface area contributed by atoms with E-state index in [2.05, 4.69) is 5.10 Å². The standard InChI is InChI=1S/C19H24N4O4/c1-12-9-21(10-13(2)27-12)19(24)17-7-5-16(6-8-17)11-22-15(4)18(23(25)26)14(3)20-22/h5-8,12-13H,9-11H2,1-4H3/t12-,13-/m1/s1. The van der Waals surface area contributed by atoms with E-state index in [0.29, 0.717) is 36.6 Å². The van der Waals surface area contributed by atoms with Gasteiger partial charge in [-0.3, -0.25) is 19.6 Å². The molecule has 8 nitrogen and oxygen atoms in total. The summed E-state index contributed by atoms with van der Waals surface area (Å²) in [5, 5.41) is 15.4. The monoisotopic (exact) mass is 372 g/mol. The average Bonchev–Trinajstić information content (AvgIpc) is 2.87. The highest BCUT2D eigenvalue weighted by molar-refractivity contribution is 5.94. The summed E-state index contributed by atoms with van der Waals surface area (Å²) in [6, 6.07) is 7.32. The van der Waals surface area contributed by atoms with Gasteiger partial charge in [0.25, 0.3) is 5.91 Å². The van der Waals surface area contributed by atoms with Gasteiger partial charge in [-0.15, -0.1) is 0 Å². The second kappa shape index (κ2) is 7.48. The maximum absolute atomic E-state index is 12.7. The van der Waals surface area contributed by atoms with Crippen LogP contribution in [0.2, 0.25) is 0 Å². The summed E-state index contributed by atoms with van der Waals surface area (Å²) in [5.74, 6) is -0.00898. The maximum Gasteiger partial charge on any atom is 0.312 e. The molecular formula is C19H24N4O4. The minimum Gasteiger partial charge on any atom is -0.372 e. The minimum atomic E-state index is -0.403. The third-order valence-electron chi connectivity index (χ3n) is 4.77. The molecule has 0 aliphatic carbocycles.